The van der Waals surface area contributed by atoms with E-state index in [0.29, 0.717) is 12.5 Å². The Kier molecular flexibility index (Phi) is 6.09. The van der Waals surface area contributed by atoms with E-state index in [2.05, 4.69) is 26.1 Å². The third-order valence-electron chi connectivity index (χ3n) is 3.19. The maximum absolute atomic E-state index is 12.0. The third kappa shape index (κ3) is 5.83. The molecule has 0 spiro atoms. The van der Waals surface area contributed by atoms with Crippen LogP contribution in [0.5, 0.6) is 0 Å². The number of carbonyl (C=O) groups is 1. The van der Waals surface area contributed by atoms with Crippen LogP contribution in [0.3, 0.4) is 0 Å². The minimum Gasteiger partial charge on any atom is -0.378 e. The third-order valence-corrected chi connectivity index (χ3v) is 3.19. The van der Waals surface area contributed by atoms with E-state index in [0.717, 1.165) is 39.1 Å². The Hall–Kier alpha value is -0.610. The van der Waals surface area contributed by atoms with Crippen LogP contribution in [-0.2, 0) is 9.53 Å². The van der Waals surface area contributed by atoms with Crippen molar-refractivity contribution in [1.82, 2.24) is 10.2 Å². The first-order chi connectivity index (χ1) is 8.42. The Bertz CT molecular complexity index is 253. The maximum Gasteiger partial charge on any atom is 0.223 e. The highest BCUT2D eigenvalue weighted by molar-refractivity contribution is 5.76. The van der Waals surface area contributed by atoms with E-state index < -0.39 is 0 Å². The summed E-state index contributed by atoms with van der Waals surface area (Å²) in [6, 6.07) is 0. The fourth-order valence-electron chi connectivity index (χ4n) is 2.21. The van der Waals surface area contributed by atoms with Crippen molar-refractivity contribution in [3.63, 3.8) is 0 Å². The zero-order valence-corrected chi connectivity index (χ0v) is 12.3. The van der Waals surface area contributed by atoms with E-state index in [1.54, 1.807) is 0 Å². The molecule has 1 heterocycles. The highest BCUT2D eigenvalue weighted by atomic mass is 16.5. The minimum absolute atomic E-state index is 0.0856. The molecule has 1 rings (SSSR count). The normalized spacial score (nSPS) is 18.1. The highest BCUT2D eigenvalue weighted by Gasteiger charge is 2.22. The summed E-state index contributed by atoms with van der Waals surface area (Å²) in [5, 5.41) is 3.35. The van der Waals surface area contributed by atoms with Gasteiger partial charge < -0.3 is 15.0 Å². The molecule has 106 valence electrons. The Morgan fingerprint density at radius 1 is 1.33 bits per heavy atom. The topological polar surface area (TPSA) is 41.6 Å². The van der Waals surface area contributed by atoms with Crippen molar-refractivity contribution in [1.29, 1.82) is 0 Å². The van der Waals surface area contributed by atoms with Gasteiger partial charge in [-0.3, -0.25) is 4.79 Å². The number of ether oxygens (including phenoxy) is 1. The van der Waals surface area contributed by atoms with Crippen molar-refractivity contribution >= 4 is 5.91 Å². The number of piperidine rings is 1. The Balaban J connectivity index is 2.20. The van der Waals surface area contributed by atoms with Crippen LogP contribution >= 0.6 is 0 Å². The van der Waals surface area contributed by atoms with Crippen LogP contribution < -0.4 is 5.32 Å². The van der Waals surface area contributed by atoms with Crippen LogP contribution in [0, 0.1) is 0 Å². The van der Waals surface area contributed by atoms with Gasteiger partial charge in [0.2, 0.25) is 5.91 Å². The van der Waals surface area contributed by atoms with Crippen molar-refractivity contribution in [3.05, 3.63) is 0 Å². The summed E-state index contributed by atoms with van der Waals surface area (Å²) in [6.45, 7) is 11.6. The van der Waals surface area contributed by atoms with Crippen molar-refractivity contribution in [2.75, 3.05) is 26.2 Å². The lowest BCUT2D eigenvalue weighted by Gasteiger charge is -2.32. The van der Waals surface area contributed by atoms with Crippen molar-refractivity contribution in [2.24, 2.45) is 0 Å². The molecule has 0 bridgehead atoms. The summed E-state index contributed by atoms with van der Waals surface area (Å²) in [6.07, 6.45) is 2.90. The van der Waals surface area contributed by atoms with Gasteiger partial charge in [0.1, 0.15) is 0 Å². The molecular weight excluding hydrogens is 228 g/mol. The molecule has 18 heavy (non-hydrogen) atoms. The molecule has 0 aromatic rings. The number of hydrogen-bond acceptors (Lipinski definition) is 3. The SMILES string of the molecule is CCOC1CCN(C(=O)CCNC(C)(C)C)CC1. The molecule has 0 aromatic heterocycles. The summed E-state index contributed by atoms with van der Waals surface area (Å²) in [5.74, 6) is 0.265. The summed E-state index contributed by atoms with van der Waals surface area (Å²) in [7, 11) is 0. The van der Waals surface area contributed by atoms with E-state index in [-0.39, 0.29) is 11.4 Å². The van der Waals surface area contributed by atoms with Gasteiger partial charge in [0.05, 0.1) is 6.10 Å². The minimum atomic E-state index is 0.0856. The first-order valence-electron chi connectivity index (χ1n) is 7.07. The second-order valence-corrected chi connectivity index (χ2v) is 5.96. The number of carbonyl (C=O) groups excluding carboxylic acids is 1. The van der Waals surface area contributed by atoms with Gasteiger partial charge in [-0.2, -0.15) is 0 Å². The van der Waals surface area contributed by atoms with Gasteiger partial charge in [-0.25, -0.2) is 0 Å². The van der Waals surface area contributed by atoms with Crippen LogP contribution in [0.4, 0.5) is 0 Å². The molecule has 4 nitrogen and oxygen atoms in total. The predicted octanol–water partition coefficient (Wildman–Crippen LogP) is 1.79. The van der Waals surface area contributed by atoms with Crippen LogP contribution in [0.15, 0.2) is 0 Å². The molecule has 1 amide bonds. The quantitative estimate of drug-likeness (QED) is 0.815. The van der Waals surface area contributed by atoms with Gasteiger partial charge in [0.25, 0.3) is 0 Å². The molecule has 1 fully saturated rings. The fourth-order valence-corrected chi connectivity index (χ4v) is 2.21. The molecule has 0 atom stereocenters. The van der Waals surface area contributed by atoms with Crippen LogP contribution in [0.25, 0.3) is 0 Å². The maximum atomic E-state index is 12.0. The van der Waals surface area contributed by atoms with Crippen molar-refractivity contribution in [2.45, 2.75) is 58.6 Å². The van der Waals surface area contributed by atoms with E-state index in [1.807, 2.05) is 11.8 Å². The fraction of sp³-hybridized carbons (Fsp3) is 0.929. The smallest absolute Gasteiger partial charge is 0.223 e. The highest BCUT2D eigenvalue weighted by Crippen LogP contribution is 2.14. The summed E-state index contributed by atoms with van der Waals surface area (Å²) in [5.41, 5.74) is 0.0856. The van der Waals surface area contributed by atoms with Gasteiger partial charge in [0.15, 0.2) is 0 Å². The van der Waals surface area contributed by atoms with Gasteiger partial charge in [0, 0.05) is 38.2 Å². The first-order valence-corrected chi connectivity index (χ1v) is 7.07. The average molecular weight is 256 g/mol. The molecule has 4 heteroatoms. The van der Waals surface area contributed by atoms with Crippen molar-refractivity contribution < 1.29 is 9.53 Å². The van der Waals surface area contributed by atoms with Gasteiger partial charge >= 0.3 is 0 Å². The van der Waals surface area contributed by atoms with E-state index >= 15 is 0 Å². The lowest BCUT2D eigenvalue weighted by Crippen LogP contribution is -2.43. The van der Waals surface area contributed by atoms with Crippen LogP contribution in [-0.4, -0.2) is 48.7 Å². The predicted molar refractivity (Wildman–Crippen MR) is 73.6 cm³/mol. The number of hydrogen-bond donors (Lipinski definition) is 1. The van der Waals surface area contributed by atoms with Gasteiger partial charge in [-0.05, 0) is 40.5 Å². The first kappa shape index (κ1) is 15.4. The Morgan fingerprint density at radius 2 is 1.94 bits per heavy atom. The number of rotatable bonds is 5. The van der Waals surface area contributed by atoms with E-state index in [1.165, 1.54) is 0 Å². The number of amides is 1. The number of nitrogens with one attached hydrogen (secondary N) is 1. The molecule has 1 N–H and O–H groups in total. The molecule has 0 radical (unpaired) electrons. The number of nitrogens with zero attached hydrogens (tertiary/aromatic N) is 1. The standard InChI is InChI=1S/C14H28N2O2/c1-5-18-12-7-10-16(11-8-12)13(17)6-9-15-14(2,3)4/h12,15H,5-11H2,1-4H3. The summed E-state index contributed by atoms with van der Waals surface area (Å²) < 4.78 is 5.59. The zero-order chi connectivity index (χ0) is 13.6. The van der Waals surface area contributed by atoms with Crippen molar-refractivity contribution in [3.8, 4) is 0 Å². The van der Waals surface area contributed by atoms with E-state index in [9.17, 15) is 4.79 Å². The Morgan fingerprint density at radius 3 is 2.44 bits per heavy atom. The largest absolute Gasteiger partial charge is 0.378 e. The molecule has 0 saturated carbocycles. The van der Waals surface area contributed by atoms with Crippen LogP contribution in [0.1, 0.15) is 47.0 Å². The lowest BCUT2D eigenvalue weighted by molar-refractivity contribution is -0.133. The summed E-state index contributed by atoms with van der Waals surface area (Å²) in [4.78, 5) is 14.0. The second-order valence-electron chi connectivity index (χ2n) is 5.96. The van der Waals surface area contributed by atoms with Gasteiger partial charge in [-0.1, -0.05) is 0 Å². The molecule has 1 aliphatic heterocycles. The molecule has 0 aliphatic carbocycles. The van der Waals surface area contributed by atoms with E-state index in [4.69, 9.17) is 4.74 Å². The van der Waals surface area contributed by atoms with Crippen LogP contribution in [0.2, 0.25) is 0 Å². The monoisotopic (exact) mass is 256 g/mol. The zero-order valence-electron chi connectivity index (χ0n) is 12.3. The summed E-state index contributed by atoms with van der Waals surface area (Å²) >= 11 is 0. The lowest BCUT2D eigenvalue weighted by atomic mass is 10.1. The number of likely N-dealkylation sites (tertiary alicyclic amines) is 1. The molecule has 0 unspecified atom stereocenters. The average Bonchev–Trinajstić information content (AvgIpc) is 2.28. The molecule has 1 aliphatic rings. The Labute approximate surface area is 111 Å². The van der Waals surface area contributed by atoms with Gasteiger partial charge in [-0.15, -0.1) is 0 Å². The molecule has 0 aromatic carbocycles. The molecular formula is C14H28N2O2. The second kappa shape index (κ2) is 7.10. The molecule has 1 saturated heterocycles.